The van der Waals surface area contributed by atoms with Crippen LogP contribution in [0.25, 0.3) is 0 Å². The summed E-state index contributed by atoms with van der Waals surface area (Å²) < 4.78 is 0. The van der Waals surface area contributed by atoms with Gasteiger partial charge in [-0.2, -0.15) is 0 Å². The molecule has 1 heterocycles. The Bertz CT molecular complexity index is 515. The number of nitrogens with zero attached hydrogens (tertiary/aromatic N) is 2. The number of nitro groups is 1. The molecule has 116 valence electrons. The number of nitrogens with one attached hydrogen (secondary N) is 1. The molecule has 0 aliphatic carbocycles. The molecule has 1 aromatic carbocycles. The van der Waals surface area contributed by atoms with Crippen molar-refractivity contribution < 1.29 is 15.1 Å². The molecule has 1 aliphatic rings. The van der Waals surface area contributed by atoms with Crippen LogP contribution < -0.4 is 5.32 Å². The second-order valence-electron chi connectivity index (χ2n) is 5.26. The van der Waals surface area contributed by atoms with E-state index in [2.05, 4.69) is 17.1 Å². The molecule has 7 nitrogen and oxygen atoms in total. The maximum Gasteiger partial charge on any atom is 0.314 e. The van der Waals surface area contributed by atoms with Gasteiger partial charge >= 0.3 is 5.69 Å². The standard InChI is InChI=1S/C14H21N3O4/c1-2-3-11(16-6-4-15-5-7-16)10-8-12(17(20)21)14(19)13(18)9-10/h8-9,11,15,18-19H,2-7H2,1H3/t11-/m0/s1. The molecule has 0 bridgehead atoms. The molecule has 0 radical (unpaired) electrons. The Balaban J connectivity index is 2.37. The Labute approximate surface area is 123 Å². The lowest BCUT2D eigenvalue weighted by molar-refractivity contribution is -0.386. The van der Waals surface area contributed by atoms with Crippen LogP contribution in [0.1, 0.15) is 31.4 Å². The number of phenolic OH excluding ortho intramolecular Hbond substituents is 2. The summed E-state index contributed by atoms with van der Waals surface area (Å²) in [7, 11) is 0. The molecule has 1 saturated heterocycles. The third kappa shape index (κ3) is 3.43. The van der Waals surface area contributed by atoms with Crippen LogP contribution in [-0.4, -0.2) is 46.2 Å². The van der Waals surface area contributed by atoms with E-state index in [0.717, 1.165) is 39.0 Å². The number of hydrogen-bond acceptors (Lipinski definition) is 6. The number of phenols is 2. The molecule has 21 heavy (non-hydrogen) atoms. The Kier molecular flexibility index (Phi) is 4.98. The zero-order valence-electron chi connectivity index (χ0n) is 12.1. The monoisotopic (exact) mass is 295 g/mol. The zero-order chi connectivity index (χ0) is 15.4. The highest BCUT2D eigenvalue weighted by molar-refractivity contribution is 5.57. The molecule has 1 aliphatic heterocycles. The van der Waals surface area contributed by atoms with Crippen molar-refractivity contribution in [2.45, 2.75) is 25.8 Å². The van der Waals surface area contributed by atoms with Crippen LogP contribution in [0.3, 0.4) is 0 Å². The van der Waals surface area contributed by atoms with E-state index in [0.29, 0.717) is 5.56 Å². The smallest absolute Gasteiger partial charge is 0.314 e. The Morgan fingerprint density at radius 3 is 2.62 bits per heavy atom. The van der Waals surface area contributed by atoms with Crippen molar-refractivity contribution in [1.82, 2.24) is 10.2 Å². The van der Waals surface area contributed by atoms with Crippen LogP contribution >= 0.6 is 0 Å². The van der Waals surface area contributed by atoms with Crippen molar-refractivity contribution >= 4 is 5.69 Å². The van der Waals surface area contributed by atoms with Gasteiger partial charge in [0.05, 0.1) is 4.92 Å². The molecule has 1 aromatic rings. The molecule has 0 spiro atoms. The van der Waals surface area contributed by atoms with Crippen LogP contribution in [0.4, 0.5) is 5.69 Å². The van der Waals surface area contributed by atoms with Crippen molar-refractivity contribution in [3.05, 3.63) is 27.8 Å². The van der Waals surface area contributed by atoms with E-state index in [1.165, 1.54) is 12.1 Å². The van der Waals surface area contributed by atoms with Crippen molar-refractivity contribution in [2.24, 2.45) is 0 Å². The van der Waals surface area contributed by atoms with Gasteiger partial charge in [0.25, 0.3) is 0 Å². The molecule has 0 saturated carbocycles. The lowest BCUT2D eigenvalue weighted by atomic mass is 9.98. The summed E-state index contributed by atoms with van der Waals surface area (Å²) in [5, 5.41) is 33.6. The predicted molar refractivity (Wildman–Crippen MR) is 78.5 cm³/mol. The minimum Gasteiger partial charge on any atom is -0.504 e. The van der Waals surface area contributed by atoms with Crippen molar-refractivity contribution in [3.63, 3.8) is 0 Å². The second-order valence-corrected chi connectivity index (χ2v) is 5.26. The molecule has 0 aromatic heterocycles. The fourth-order valence-electron chi connectivity index (χ4n) is 2.78. The van der Waals surface area contributed by atoms with E-state index in [9.17, 15) is 20.3 Å². The van der Waals surface area contributed by atoms with E-state index < -0.39 is 22.1 Å². The Morgan fingerprint density at radius 1 is 1.38 bits per heavy atom. The van der Waals surface area contributed by atoms with Gasteiger partial charge in [0, 0.05) is 38.3 Å². The summed E-state index contributed by atoms with van der Waals surface area (Å²) in [6, 6.07) is 2.82. The van der Waals surface area contributed by atoms with Crippen molar-refractivity contribution in [2.75, 3.05) is 26.2 Å². The average molecular weight is 295 g/mol. The van der Waals surface area contributed by atoms with Crippen molar-refractivity contribution in [3.8, 4) is 11.5 Å². The fourth-order valence-corrected chi connectivity index (χ4v) is 2.78. The molecule has 7 heteroatoms. The van der Waals surface area contributed by atoms with Gasteiger partial charge in [0.15, 0.2) is 5.75 Å². The Morgan fingerprint density at radius 2 is 2.05 bits per heavy atom. The van der Waals surface area contributed by atoms with E-state index in [-0.39, 0.29) is 6.04 Å². The van der Waals surface area contributed by atoms with Crippen LogP contribution in [0, 0.1) is 10.1 Å². The van der Waals surface area contributed by atoms with E-state index >= 15 is 0 Å². The summed E-state index contributed by atoms with van der Waals surface area (Å²) in [4.78, 5) is 12.6. The van der Waals surface area contributed by atoms with Gasteiger partial charge in [0.1, 0.15) is 0 Å². The summed E-state index contributed by atoms with van der Waals surface area (Å²) in [6.07, 6.45) is 1.78. The largest absolute Gasteiger partial charge is 0.504 e. The van der Waals surface area contributed by atoms with Crippen LogP contribution in [0.2, 0.25) is 0 Å². The van der Waals surface area contributed by atoms with Gasteiger partial charge in [-0.15, -0.1) is 0 Å². The van der Waals surface area contributed by atoms with Gasteiger partial charge in [-0.25, -0.2) is 0 Å². The number of rotatable bonds is 5. The lowest BCUT2D eigenvalue weighted by Gasteiger charge is -2.35. The van der Waals surface area contributed by atoms with Gasteiger partial charge in [0.2, 0.25) is 5.75 Å². The molecular weight excluding hydrogens is 274 g/mol. The van der Waals surface area contributed by atoms with Crippen molar-refractivity contribution in [1.29, 1.82) is 0 Å². The second kappa shape index (κ2) is 6.73. The first-order valence-corrected chi connectivity index (χ1v) is 7.19. The maximum absolute atomic E-state index is 11.0. The van der Waals surface area contributed by atoms with E-state index in [1.54, 1.807) is 0 Å². The highest BCUT2D eigenvalue weighted by Gasteiger charge is 2.26. The summed E-state index contributed by atoms with van der Waals surface area (Å²) >= 11 is 0. The minimum atomic E-state index is -0.667. The number of nitro benzene ring substituents is 1. The number of benzene rings is 1. The van der Waals surface area contributed by atoms with Crippen LogP contribution in [0.5, 0.6) is 11.5 Å². The SMILES string of the molecule is CCC[C@@H](c1cc(O)c(O)c([N+](=O)[O-])c1)N1CCNCC1. The fraction of sp³-hybridized carbons (Fsp3) is 0.571. The first kappa shape index (κ1) is 15.5. The molecule has 1 fully saturated rings. The molecule has 0 unspecified atom stereocenters. The number of piperazine rings is 1. The summed E-state index contributed by atoms with van der Waals surface area (Å²) in [5.41, 5.74) is 0.238. The normalized spacial score (nSPS) is 17.6. The molecule has 1 atom stereocenters. The van der Waals surface area contributed by atoms with Gasteiger partial charge in [-0.1, -0.05) is 13.3 Å². The van der Waals surface area contributed by atoms with Gasteiger partial charge in [-0.3, -0.25) is 15.0 Å². The van der Waals surface area contributed by atoms with E-state index in [1.807, 2.05) is 0 Å². The van der Waals surface area contributed by atoms with E-state index in [4.69, 9.17) is 0 Å². The molecule has 3 N–H and O–H groups in total. The first-order chi connectivity index (χ1) is 10.0. The number of aromatic hydroxyl groups is 2. The highest BCUT2D eigenvalue weighted by Crippen LogP contribution is 2.39. The third-order valence-electron chi connectivity index (χ3n) is 3.83. The third-order valence-corrected chi connectivity index (χ3v) is 3.83. The predicted octanol–water partition coefficient (Wildman–Crippen LogP) is 1.75. The van der Waals surface area contributed by atoms with Crippen LogP contribution in [0.15, 0.2) is 12.1 Å². The lowest BCUT2D eigenvalue weighted by Crippen LogP contribution is -2.45. The average Bonchev–Trinajstić information content (AvgIpc) is 2.48. The summed E-state index contributed by atoms with van der Waals surface area (Å²) in [6.45, 7) is 5.54. The quantitative estimate of drug-likeness (QED) is 0.435. The molecular formula is C14H21N3O4. The van der Waals surface area contributed by atoms with Gasteiger partial charge < -0.3 is 15.5 Å². The Hall–Kier alpha value is -1.86. The molecule has 0 amide bonds. The topological polar surface area (TPSA) is 98.9 Å². The van der Waals surface area contributed by atoms with Crippen LogP contribution in [-0.2, 0) is 0 Å². The zero-order valence-corrected chi connectivity index (χ0v) is 12.1. The van der Waals surface area contributed by atoms with Gasteiger partial charge in [-0.05, 0) is 18.1 Å². The first-order valence-electron chi connectivity index (χ1n) is 7.19. The number of hydrogen-bond donors (Lipinski definition) is 3. The molecule has 2 rings (SSSR count). The summed E-state index contributed by atoms with van der Waals surface area (Å²) in [5.74, 6) is -1.10. The highest BCUT2D eigenvalue weighted by atomic mass is 16.6. The minimum absolute atomic E-state index is 0.0160. The maximum atomic E-state index is 11.0.